The molecule has 2 rings (SSSR count). The van der Waals surface area contributed by atoms with E-state index in [1.807, 2.05) is 0 Å². The average molecular weight is 337 g/mol. The van der Waals surface area contributed by atoms with Gasteiger partial charge in [-0.1, -0.05) is 35.4 Å². The smallest absolute Gasteiger partial charge is 0.0400 e. The van der Waals surface area contributed by atoms with Crippen LogP contribution in [0.5, 0.6) is 0 Å². The molecule has 0 amide bonds. The van der Waals surface area contributed by atoms with Gasteiger partial charge in [0.2, 0.25) is 0 Å². The highest BCUT2D eigenvalue weighted by Gasteiger charge is 1.97. The van der Waals surface area contributed by atoms with Gasteiger partial charge in [-0.3, -0.25) is 0 Å². The molecule has 0 fully saturated rings. The van der Waals surface area contributed by atoms with Crippen molar-refractivity contribution in [2.45, 2.75) is 20.4 Å². The normalized spacial score (nSPS) is 10.3. The Labute approximate surface area is 116 Å². The fraction of sp³-hybridized carbons (Fsp3) is 0.200. The van der Waals surface area contributed by atoms with Gasteiger partial charge in [-0.2, -0.15) is 0 Å². The van der Waals surface area contributed by atoms with Gasteiger partial charge in [0.05, 0.1) is 0 Å². The molecule has 0 aliphatic heterocycles. The summed E-state index contributed by atoms with van der Waals surface area (Å²) < 4.78 is 1.26. The molecule has 2 aromatic rings. The molecule has 0 aromatic heterocycles. The zero-order valence-electron chi connectivity index (χ0n) is 10.1. The molecule has 0 radical (unpaired) electrons. The lowest BCUT2D eigenvalue weighted by Crippen LogP contribution is -2.00. The Kier molecular flexibility index (Phi) is 4.05. The van der Waals surface area contributed by atoms with Gasteiger partial charge in [0.25, 0.3) is 0 Å². The Morgan fingerprint density at radius 2 is 1.71 bits per heavy atom. The van der Waals surface area contributed by atoms with Crippen LogP contribution in [0.1, 0.15) is 16.7 Å². The van der Waals surface area contributed by atoms with E-state index in [1.54, 1.807) is 0 Å². The van der Waals surface area contributed by atoms with E-state index in [0.29, 0.717) is 0 Å². The first kappa shape index (κ1) is 12.4. The number of hydrogen-bond donors (Lipinski definition) is 1. The van der Waals surface area contributed by atoms with Crippen molar-refractivity contribution in [3.63, 3.8) is 0 Å². The van der Waals surface area contributed by atoms with Crippen LogP contribution in [0, 0.1) is 17.4 Å². The number of nitrogens with one attached hydrogen (secondary N) is 1. The zero-order chi connectivity index (χ0) is 12.3. The molecule has 0 aliphatic rings. The lowest BCUT2D eigenvalue weighted by molar-refractivity contribution is 1.13. The molecule has 1 N–H and O–H groups in total. The molecule has 0 atom stereocenters. The molecule has 0 unspecified atom stereocenters. The maximum absolute atomic E-state index is 3.45. The first-order chi connectivity index (χ1) is 8.13. The summed E-state index contributed by atoms with van der Waals surface area (Å²) in [5.74, 6) is 0. The summed E-state index contributed by atoms with van der Waals surface area (Å²) in [4.78, 5) is 0. The molecule has 0 bridgehead atoms. The lowest BCUT2D eigenvalue weighted by Gasteiger charge is -2.08. The lowest BCUT2D eigenvalue weighted by atomic mass is 10.1. The van der Waals surface area contributed by atoms with Crippen LogP contribution in [0.2, 0.25) is 0 Å². The number of hydrogen-bond acceptors (Lipinski definition) is 1. The van der Waals surface area contributed by atoms with E-state index in [0.717, 1.165) is 6.54 Å². The minimum absolute atomic E-state index is 0.878. The molecule has 17 heavy (non-hydrogen) atoms. The molecule has 2 aromatic carbocycles. The number of aryl methyl sites for hydroxylation is 2. The van der Waals surface area contributed by atoms with Crippen LogP contribution in [-0.4, -0.2) is 0 Å². The monoisotopic (exact) mass is 337 g/mol. The van der Waals surface area contributed by atoms with Crippen LogP contribution in [0.3, 0.4) is 0 Å². The van der Waals surface area contributed by atoms with E-state index in [1.165, 1.54) is 25.9 Å². The summed E-state index contributed by atoms with van der Waals surface area (Å²) in [7, 11) is 0. The standard InChI is InChI=1S/C15H16IN/c1-11-6-12(2)8-13(7-11)10-17-15-5-3-4-14(16)9-15/h3-9,17H,10H2,1-2H3. The first-order valence-corrected chi connectivity index (χ1v) is 6.78. The van der Waals surface area contributed by atoms with Crippen molar-refractivity contribution in [3.8, 4) is 0 Å². The van der Waals surface area contributed by atoms with Gasteiger partial charge in [-0.05, 0) is 60.2 Å². The van der Waals surface area contributed by atoms with Crippen LogP contribution in [0.4, 0.5) is 5.69 Å². The SMILES string of the molecule is Cc1cc(C)cc(CNc2cccc(I)c2)c1. The summed E-state index contributed by atoms with van der Waals surface area (Å²) in [6.45, 7) is 5.16. The molecule has 0 heterocycles. The summed E-state index contributed by atoms with van der Waals surface area (Å²) in [5, 5.41) is 3.45. The van der Waals surface area contributed by atoms with E-state index in [9.17, 15) is 0 Å². The van der Waals surface area contributed by atoms with Crippen molar-refractivity contribution >= 4 is 28.3 Å². The van der Waals surface area contributed by atoms with E-state index < -0.39 is 0 Å². The molecule has 1 nitrogen and oxygen atoms in total. The molecule has 88 valence electrons. The van der Waals surface area contributed by atoms with E-state index in [-0.39, 0.29) is 0 Å². The molecular formula is C15H16IN. The van der Waals surface area contributed by atoms with Gasteiger partial charge in [-0.25, -0.2) is 0 Å². The van der Waals surface area contributed by atoms with Crippen molar-refractivity contribution in [2.24, 2.45) is 0 Å². The molecule has 2 heteroatoms. The first-order valence-electron chi connectivity index (χ1n) is 5.70. The highest BCUT2D eigenvalue weighted by molar-refractivity contribution is 14.1. The van der Waals surface area contributed by atoms with Crippen molar-refractivity contribution in [1.82, 2.24) is 0 Å². The third-order valence-corrected chi connectivity index (χ3v) is 3.27. The predicted octanol–water partition coefficient (Wildman–Crippen LogP) is 4.52. The second-order valence-electron chi connectivity index (χ2n) is 4.36. The quantitative estimate of drug-likeness (QED) is 0.812. The van der Waals surface area contributed by atoms with Gasteiger partial charge >= 0.3 is 0 Å². The van der Waals surface area contributed by atoms with Crippen LogP contribution >= 0.6 is 22.6 Å². The molecule has 0 spiro atoms. The summed E-state index contributed by atoms with van der Waals surface area (Å²) in [6.07, 6.45) is 0. The van der Waals surface area contributed by atoms with Gasteiger partial charge in [-0.15, -0.1) is 0 Å². The second-order valence-corrected chi connectivity index (χ2v) is 5.61. The minimum Gasteiger partial charge on any atom is -0.381 e. The third kappa shape index (κ3) is 3.73. The Morgan fingerprint density at radius 3 is 2.35 bits per heavy atom. The second kappa shape index (κ2) is 5.54. The van der Waals surface area contributed by atoms with Gasteiger partial charge in [0.15, 0.2) is 0 Å². The molecule has 0 aliphatic carbocycles. The molecular weight excluding hydrogens is 321 g/mol. The minimum atomic E-state index is 0.878. The van der Waals surface area contributed by atoms with Crippen LogP contribution in [0.15, 0.2) is 42.5 Å². The van der Waals surface area contributed by atoms with Crippen molar-refractivity contribution < 1.29 is 0 Å². The maximum Gasteiger partial charge on any atom is 0.0400 e. The Hall–Kier alpha value is -1.03. The van der Waals surface area contributed by atoms with Gasteiger partial charge in [0.1, 0.15) is 0 Å². The van der Waals surface area contributed by atoms with Gasteiger partial charge < -0.3 is 5.32 Å². The predicted molar refractivity (Wildman–Crippen MR) is 82.4 cm³/mol. The van der Waals surface area contributed by atoms with Crippen LogP contribution < -0.4 is 5.32 Å². The van der Waals surface area contributed by atoms with Crippen molar-refractivity contribution in [3.05, 3.63) is 62.7 Å². The Bertz CT molecular complexity index is 500. The Morgan fingerprint density at radius 1 is 1.00 bits per heavy atom. The number of halogens is 1. The number of rotatable bonds is 3. The van der Waals surface area contributed by atoms with Crippen molar-refractivity contribution in [2.75, 3.05) is 5.32 Å². The van der Waals surface area contributed by atoms with Crippen LogP contribution in [-0.2, 0) is 6.54 Å². The number of anilines is 1. The van der Waals surface area contributed by atoms with E-state index >= 15 is 0 Å². The highest BCUT2D eigenvalue weighted by atomic mass is 127. The Balaban J connectivity index is 2.07. The van der Waals surface area contributed by atoms with E-state index in [4.69, 9.17) is 0 Å². The maximum atomic E-state index is 3.45. The summed E-state index contributed by atoms with van der Waals surface area (Å²) >= 11 is 2.33. The van der Waals surface area contributed by atoms with Crippen LogP contribution in [0.25, 0.3) is 0 Å². The van der Waals surface area contributed by atoms with E-state index in [2.05, 4.69) is 84.2 Å². The number of benzene rings is 2. The molecule has 0 saturated carbocycles. The van der Waals surface area contributed by atoms with Crippen molar-refractivity contribution in [1.29, 1.82) is 0 Å². The molecule has 0 saturated heterocycles. The van der Waals surface area contributed by atoms with Gasteiger partial charge in [0, 0.05) is 15.8 Å². The fourth-order valence-electron chi connectivity index (χ4n) is 1.97. The fourth-order valence-corrected chi connectivity index (χ4v) is 2.52. The highest BCUT2D eigenvalue weighted by Crippen LogP contribution is 2.15. The summed E-state index contributed by atoms with van der Waals surface area (Å²) in [6, 6.07) is 15.1. The summed E-state index contributed by atoms with van der Waals surface area (Å²) in [5.41, 5.74) is 5.16. The topological polar surface area (TPSA) is 12.0 Å². The third-order valence-electron chi connectivity index (χ3n) is 2.60. The zero-order valence-corrected chi connectivity index (χ0v) is 12.3. The largest absolute Gasteiger partial charge is 0.381 e. The average Bonchev–Trinajstić information content (AvgIpc) is 2.25.